The van der Waals surface area contributed by atoms with Crippen molar-refractivity contribution in [2.45, 2.75) is 44.9 Å². The molecule has 0 unspecified atom stereocenters. The minimum Gasteiger partial charge on any atom is -0.465 e. The zero-order valence-corrected chi connectivity index (χ0v) is 15.3. The molecule has 130 valence electrons. The van der Waals surface area contributed by atoms with Crippen LogP contribution >= 0.6 is 11.8 Å². The van der Waals surface area contributed by atoms with E-state index in [1.54, 1.807) is 11.8 Å². The van der Waals surface area contributed by atoms with Gasteiger partial charge in [0.05, 0.1) is 6.54 Å². The summed E-state index contributed by atoms with van der Waals surface area (Å²) < 4.78 is 5.42. The maximum atomic E-state index is 11.7. The van der Waals surface area contributed by atoms with Crippen molar-refractivity contribution in [1.82, 2.24) is 20.2 Å². The van der Waals surface area contributed by atoms with Gasteiger partial charge >= 0.3 is 5.97 Å². The Kier molecular flexibility index (Phi) is 6.78. The lowest BCUT2D eigenvalue weighted by atomic mass is 10.2. The van der Waals surface area contributed by atoms with Gasteiger partial charge in [-0.1, -0.05) is 51.1 Å². The standard InChI is InChI=1S/C17H24N4O2S/c1-17(2,3)24-13-12-23-15(22)10-7-11-21-19-16(18-20-21)14-8-5-4-6-9-14/h4-6,8-9H,7,10-13H2,1-3H3. The Labute approximate surface area is 147 Å². The van der Waals surface area contributed by atoms with Gasteiger partial charge in [-0.05, 0) is 11.6 Å². The first-order valence-electron chi connectivity index (χ1n) is 8.07. The fraction of sp³-hybridized carbons (Fsp3) is 0.529. The third-order valence-electron chi connectivity index (χ3n) is 3.11. The quantitative estimate of drug-likeness (QED) is 0.539. The molecule has 0 bridgehead atoms. The molecule has 1 aromatic carbocycles. The van der Waals surface area contributed by atoms with E-state index in [0.29, 0.717) is 31.8 Å². The molecule has 6 nitrogen and oxygen atoms in total. The monoisotopic (exact) mass is 348 g/mol. The van der Waals surface area contributed by atoms with Crippen LogP contribution in [0.15, 0.2) is 30.3 Å². The lowest BCUT2D eigenvalue weighted by Gasteiger charge is -2.17. The van der Waals surface area contributed by atoms with Gasteiger partial charge in [-0.25, -0.2) is 0 Å². The zero-order valence-electron chi connectivity index (χ0n) is 14.4. The molecule has 0 fully saturated rings. The topological polar surface area (TPSA) is 69.9 Å². The van der Waals surface area contributed by atoms with Crippen LogP contribution in [0.2, 0.25) is 0 Å². The first-order chi connectivity index (χ1) is 11.4. The summed E-state index contributed by atoms with van der Waals surface area (Å²) in [5, 5.41) is 12.4. The van der Waals surface area contributed by atoms with Crippen LogP contribution in [-0.2, 0) is 16.1 Å². The Hall–Kier alpha value is -1.89. The van der Waals surface area contributed by atoms with Gasteiger partial charge in [0.2, 0.25) is 5.82 Å². The number of ether oxygens (including phenoxy) is 1. The van der Waals surface area contributed by atoms with Crippen molar-refractivity contribution in [2.24, 2.45) is 0 Å². The number of aromatic nitrogens is 4. The third kappa shape index (κ3) is 6.70. The Morgan fingerprint density at radius 2 is 2.00 bits per heavy atom. The Morgan fingerprint density at radius 3 is 2.71 bits per heavy atom. The van der Waals surface area contributed by atoms with Crippen molar-refractivity contribution in [2.75, 3.05) is 12.4 Å². The Balaban J connectivity index is 1.65. The molecule has 0 spiro atoms. The van der Waals surface area contributed by atoms with E-state index in [1.807, 2.05) is 30.3 Å². The van der Waals surface area contributed by atoms with E-state index in [0.717, 1.165) is 11.3 Å². The SMILES string of the molecule is CC(C)(C)SCCOC(=O)CCCn1nnc(-c2ccccc2)n1. The van der Waals surface area contributed by atoms with Crippen LogP contribution in [0.4, 0.5) is 0 Å². The molecule has 0 N–H and O–H groups in total. The summed E-state index contributed by atoms with van der Waals surface area (Å²) in [4.78, 5) is 13.2. The van der Waals surface area contributed by atoms with Crippen molar-refractivity contribution in [3.63, 3.8) is 0 Å². The normalized spacial score (nSPS) is 11.5. The second kappa shape index (κ2) is 8.82. The number of carbonyl (C=O) groups is 1. The molecule has 0 amide bonds. The molecule has 0 atom stereocenters. The van der Waals surface area contributed by atoms with Crippen molar-refractivity contribution in [3.05, 3.63) is 30.3 Å². The lowest BCUT2D eigenvalue weighted by Crippen LogP contribution is -2.13. The Bertz CT molecular complexity index is 638. The van der Waals surface area contributed by atoms with Gasteiger partial charge in [0.25, 0.3) is 0 Å². The minimum atomic E-state index is -0.173. The predicted molar refractivity (Wildman–Crippen MR) is 95.7 cm³/mol. The summed E-state index contributed by atoms with van der Waals surface area (Å²) in [7, 11) is 0. The van der Waals surface area contributed by atoms with Crippen molar-refractivity contribution in [3.8, 4) is 11.4 Å². The van der Waals surface area contributed by atoms with E-state index < -0.39 is 0 Å². The molecule has 0 radical (unpaired) electrons. The van der Waals surface area contributed by atoms with Crippen LogP contribution in [0.25, 0.3) is 11.4 Å². The first-order valence-corrected chi connectivity index (χ1v) is 9.05. The van der Waals surface area contributed by atoms with Gasteiger partial charge in [-0.15, -0.1) is 10.2 Å². The summed E-state index contributed by atoms with van der Waals surface area (Å²) in [5.41, 5.74) is 0.930. The molecule has 1 aromatic heterocycles. The molecule has 1 heterocycles. The fourth-order valence-electron chi connectivity index (χ4n) is 1.98. The number of tetrazole rings is 1. The maximum absolute atomic E-state index is 11.7. The van der Waals surface area contributed by atoms with E-state index in [4.69, 9.17) is 4.74 Å². The van der Waals surface area contributed by atoms with Crippen LogP contribution in [0.3, 0.4) is 0 Å². The van der Waals surface area contributed by atoms with E-state index in [2.05, 4.69) is 36.2 Å². The largest absolute Gasteiger partial charge is 0.465 e. The van der Waals surface area contributed by atoms with Crippen molar-refractivity contribution >= 4 is 17.7 Å². The summed E-state index contributed by atoms with van der Waals surface area (Å²) in [6.07, 6.45) is 0.998. The van der Waals surface area contributed by atoms with E-state index in [1.165, 1.54) is 4.80 Å². The molecule has 0 aliphatic heterocycles. The molecule has 2 rings (SSSR count). The number of nitrogens with zero attached hydrogens (tertiary/aromatic N) is 4. The molecule has 0 aliphatic rings. The fourth-order valence-corrected chi connectivity index (χ4v) is 2.76. The van der Waals surface area contributed by atoms with Gasteiger partial charge < -0.3 is 4.74 Å². The van der Waals surface area contributed by atoms with Crippen LogP contribution in [0.1, 0.15) is 33.6 Å². The molecular formula is C17H24N4O2S. The average Bonchev–Trinajstić information content (AvgIpc) is 3.00. The molecule has 7 heteroatoms. The smallest absolute Gasteiger partial charge is 0.305 e. The molecule has 24 heavy (non-hydrogen) atoms. The summed E-state index contributed by atoms with van der Waals surface area (Å²) in [6.45, 7) is 7.45. The lowest BCUT2D eigenvalue weighted by molar-refractivity contribution is -0.143. The van der Waals surface area contributed by atoms with Gasteiger partial charge in [0.15, 0.2) is 0 Å². The second-order valence-electron chi connectivity index (χ2n) is 6.36. The molecule has 0 saturated carbocycles. The van der Waals surface area contributed by atoms with Crippen molar-refractivity contribution in [1.29, 1.82) is 0 Å². The highest BCUT2D eigenvalue weighted by Gasteiger charge is 2.11. The van der Waals surface area contributed by atoms with Crippen LogP contribution in [0.5, 0.6) is 0 Å². The molecular weight excluding hydrogens is 324 g/mol. The highest BCUT2D eigenvalue weighted by molar-refractivity contribution is 8.00. The minimum absolute atomic E-state index is 0.173. The summed E-state index contributed by atoms with van der Waals surface area (Å²) in [6, 6.07) is 9.69. The number of carbonyl (C=O) groups excluding carboxylic acids is 1. The van der Waals surface area contributed by atoms with Crippen LogP contribution in [0, 0.1) is 0 Å². The van der Waals surface area contributed by atoms with E-state index >= 15 is 0 Å². The zero-order chi connectivity index (χ0) is 17.4. The molecule has 0 saturated heterocycles. The Morgan fingerprint density at radius 1 is 1.25 bits per heavy atom. The number of hydrogen-bond acceptors (Lipinski definition) is 6. The summed E-state index contributed by atoms with van der Waals surface area (Å²) in [5.74, 6) is 1.24. The molecule has 0 aliphatic carbocycles. The number of benzene rings is 1. The highest BCUT2D eigenvalue weighted by Crippen LogP contribution is 2.22. The van der Waals surface area contributed by atoms with E-state index in [-0.39, 0.29) is 10.7 Å². The first kappa shape index (κ1) is 18.4. The summed E-state index contributed by atoms with van der Waals surface area (Å²) >= 11 is 1.79. The van der Waals surface area contributed by atoms with Gasteiger partial charge in [-0.3, -0.25) is 4.79 Å². The number of aryl methyl sites for hydroxylation is 1. The predicted octanol–water partition coefficient (Wildman–Crippen LogP) is 3.20. The third-order valence-corrected chi connectivity index (χ3v) is 4.34. The van der Waals surface area contributed by atoms with Crippen LogP contribution < -0.4 is 0 Å². The van der Waals surface area contributed by atoms with Gasteiger partial charge in [-0.2, -0.15) is 16.6 Å². The maximum Gasteiger partial charge on any atom is 0.305 e. The second-order valence-corrected chi connectivity index (χ2v) is 8.28. The van der Waals surface area contributed by atoms with E-state index in [9.17, 15) is 4.79 Å². The van der Waals surface area contributed by atoms with Crippen molar-refractivity contribution < 1.29 is 9.53 Å². The number of rotatable bonds is 8. The van der Waals surface area contributed by atoms with Gasteiger partial charge in [0, 0.05) is 22.5 Å². The van der Waals surface area contributed by atoms with Gasteiger partial charge in [0.1, 0.15) is 6.61 Å². The number of thioether (sulfide) groups is 1. The average molecular weight is 348 g/mol. The number of esters is 1. The highest BCUT2D eigenvalue weighted by atomic mass is 32.2. The van der Waals surface area contributed by atoms with Crippen LogP contribution in [-0.4, -0.2) is 43.3 Å². The number of hydrogen-bond donors (Lipinski definition) is 0. The molecule has 2 aromatic rings.